The molecular weight excluding hydrogens is 1260 g/mol. The molecule has 3 atom stereocenters. The van der Waals surface area contributed by atoms with Crippen molar-refractivity contribution in [2.45, 2.75) is 18.1 Å². The number of anilines is 2. The molecule has 6 aliphatic heterocycles. The van der Waals surface area contributed by atoms with Crippen LogP contribution in [-0.2, 0) is 98.8 Å². The van der Waals surface area contributed by atoms with Crippen LogP contribution < -0.4 is 15.1 Å². The van der Waals surface area contributed by atoms with Crippen LogP contribution in [0.4, 0.5) is 16.0 Å². The minimum absolute atomic E-state index is 0.426. The number of pyridine rings is 3. The summed E-state index contributed by atoms with van der Waals surface area (Å²) in [4.78, 5) is 24.6. The second-order valence-corrected chi connectivity index (χ2v) is 28.9. The van der Waals surface area contributed by atoms with Gasteiger partial charge in [-0.05, 0) is 81.6 Å². The molecule has 0 unspecified atom stereocenters. The highest BCUT2D eigenvalue weighted by molar-refractivity contribution is 14.1. The summed E-state index contributed by atoms with van der Waals surface area (Å²) in [6, 6.07) is 12.9. The van der Waals surface area contributed by atoms with Crippen molar-refractivity contribution in [3.63, 3.8) is 0 Å². The van der Waals surface area contributed by atoms with Crippen molar-refractivity contribution in [3.05, 3.63) is 73.6 Å². The molecule has 3 aromatic heterocycles. The predicted molar refractivity (Wildman–Crippen MR) is 300 cm³/mol. The van der Waals surface area contributed by atoms with Gasteiger partial charge in [-0.25, -0.2) is 15.0 Å². The third-order valence-electron chi connectivity index (χ3n) is 10.3. The summed E-state index contributed by atoms with van der Waals surface area (Å²) in [5.41, 5.74) is 0.832. The first-order valence-corrected chi connectivity index (χ1v) is 33.9. The molecule has 6 aliphatic rings. The summed E-state index contributed by atoms with van der Waals surface area (Å²) in [6.45, 7) is 18.4. The van der Waals surface area contributed by atoms with Gasteiger partial charge in [0.15, 0.2) is 0 Å². The van der Waals surface area contributed by atoms with Gasteiger partial charge in [-0.3, -0.25) is 14.7 Å². The van der Waals surface area contributed by atoms with E-state index in [9.17, 15) is 4.39 Å². The van der Waals surface area contributed by atoms with Gasteiger partial charge in [0.05, 0.1) is 51.7 Å². The van der Waals surface area contributed by atoms with Gasteiger partial charge in [0.25, 0.3) is 0 Å². The number of morpholine rings is 3. The number of aromatic nitrogens is 3. The summed E-state index contributed by atoms with van der Waals surface area (Å²) >= 11 is 13.6. The number of piperazine rings is 3. The van der Waals surface area contributed by atoms with Crippen LogP contribution in [0.1, 0.15) is 5.56 Å². The average Bonchev–Trinajstić information content (AvgIpc) is 3.36. The summed E-state index contributed by atoms with van der Waals surface area (Å²) in [7, 11) is 19.1. The molecule has 26 heteroatoms. The van der Waals surface area contributed by atoms with E-state index in [2.05, 4.69) is 152 Å². The van der Waals surface area contributed by atoms with Crippen molar-refractivity contribution in [1.82, 2.24) is 35.0 Å². The summed E-state index contributed by atoms with van der Waals surface area (Å²) in [5, 5.41) is 3.36. The summed E-state index contributed by atoms with van der Waals surface area (Å²) in [5.74, 6) is 4.27. The summed E-state index contributed by atoms with van der Waals surface area (Å²) < 4.78 is 30.6. The van der Waals surface area contributed by atoms with Crippen LogP contribution in [0.25, 0.3) is 0 Å². The second-order valence-electron chi connectivity index (χ2n) is 14.0. The van der Waals surface area contributed by atoms with Crippen LogP contribution >= 0.6 is 66.9 Å². The Hall–Kier alpha value is 0.280. The number of hydrogen-bond acceptors (Lipinski definition) is 14. The summed E-state index contributed by atoms with van der Waals surface area (Å²) in [6.07, 6.45) is 10.5. The molecule has 6 saturated heterocycles. The zero-order chi connectivity index (χ0) is 45.8. The van der Waals surface area contributed by atoms with E-state index >= 15 is 0 Å². The van der Waals surface area contributed by atoms with Gasteiger partial charge in [0.1, 0.15) is 11.6 Å². The second kappa shape index (κ2) is 34.6. The van der Waals surface area contributed by atoms with Crippen LogP contribution in [0.3, 0.4) is 0 Å². The molecule has 3 aromatic rings. The van der Waals surface area contributed by atoms with Gasteiger partial charge in [0, 0.05) is 222 Å². The normalized spacial score (nSPS) is 21.4. The molecular formula is C38H50Cl2FI2N9O3S9. The minimum atomic E-state index is -0.426. The van der Waals surface area contributed by atoms with E-state index in [1.165, 1.54) is 40.1 Å². The van der Waals surface area contributed by atoms with Crippen molar-refractivity contribution in [3.8, 4) is 12.3 Å². The van der Waals surface area contributed by atoms with E-state index < -0.39 is 5.95 Å². The Labute approximate surface area is 443 Å². The third-order valence-corrected chi connectivity index (χ3v) is 24.9. The molecule has 0 amide bonds. The lowest BCUT2D eigenvalue weighted by atomic mass is 10.1. The maximum absolute atomic E-state index is 12.0. The lowest BCUT2D eigenvalue weighted by molar-refractivity contribution is -0.0168. The Kier molecular flexibility index (Phi) is 30.7. The zero-order valence-corrected chi connectivity index (χ0v) is 47.8. The van der Waals surface area contributed by atoms with Crippen molar-refractivity contribution in [2.24, 2.45) is 0 Å². The zero-order valence-electron chi connectivity index (χ0n) is 34.6. The standard InChI is InChI=1S/C14H17N3O.C12H16IN3O.C7H14N2O.C5H3FIN.Cl2.S9/c1-2-12-3-4-14(15-9-12)17-6-5-16-7-8-18-11-13(16)10-17;13-10-1-2-12(14-7-10)16-4-3-15-5-6-17-9-11(15)8-16;1-2-9-3-4-10-6-7(9)5-8-1;6-5-2-1-4(7)3-8-5;1-2;1-3-5-7-9-8-6-4-2/h1,3-4,9,13H,5-8,10-11H2;1-2,7,11H,3-6,8-9H2;7-8H,1-6H2;1-3H;;/t13-;11-;7-;;;/m000.../s1. The first-order valence-electron chi connectivity index (χ1n) is 19.9. The number of ether oxygens (including phenoxy) is 3. The average molecular weight is 1310 g/mol. The monoisotopic (exact) mass is 1310 g/mol. The number of halogens is 5. The SMILES string of the molecule is C#Cc1ccc(N2CCN3CCOC[C@@H]3C2)nc1.C1CN2CCOC[C@@H]2CN1.ClCl.Fc1ccc(I)cn1.Ic1ccc(N2CCN3CCOC[C@@H]3C2)nc1.S=S=S=S=S=S=S=S=S. The molecule has 354 valence electrons. The van der Waals surface area contributed by atoms with Crippen molar-refractivity contribution >= 4 is 163 Å². The van der Waals surface area contributed by atoms with Gasteiger partial charge in [-0.2, -0.15) is 4.39 Å². The topological polar surface area (TPSA) is 94.6 Å². The Morgan fingerprint density at radius 2 is 1.12 bits per heavy atom. The molecule has 0 saturated carbocycles. The highest BCUT2D eigenvalue weighted by Gasteiger charge is 2.31. The lowest BCUT2D eigenvalue weighted by Crippen LogP contribution is -2.58. The molecule has 0 spiro atoms. The number of nitrogens with zero attached hydrogens (tertiary/aromatic N) is 8. The van der Waals surface area contributed by atoms with Crippen LogP contribution in [0.5, 0.6) is 0 Å². The smallest absolute Gasteiger partial charge is 0.212 e. The van der Waals surface area contributed by atoms with Gasteiger partial charge in [-0.1, -0.05) is 5.92 Å². The molecule has 9 heterocycles. The van der Waals surface area contributed by atoms with Gasteiger partial charge >= 0.3 is 0 Å². The number of nitrogens with one attached hydrogen (secondary N) is 1. The number of terminal acetylenes is 1. The molecule has 6 fully saturated rings. The molecule has 0 aromatic carbocycles. The van der Waals surface area contributed by atoms with E-state index in [0.717, 1.165) is 132 Å². The van der Waals surface area contributed by atoms with E-state index in [1.807, 2.05) is 18.3 Å². The molecule has 0 aliphatic carbocycles. The Bertz CT molecular complexity index is 2100. The number of hydrogen-bond donors (Lipinski definition) is 1. The highest BCUT2D eigenvalue weighted by Crippen LogP contribution is 2.21. The quantitative estimate of drug-likeness (QED) is 0.225. The largest absolute Gasteiger partial charge is 0.378 e. The fourth-order valence-corrected chi connectivity index (χ4v) is 21.6. The highest BCUT2D eigenvalue weighted by atomic mass is 127. The van der Waals surface area contributed by atoms with Crippen LogP contribution in [0.2, 0.25) is 0 Å². The van der Waals surface area contributed by atoms with E-state index in [1.54, 1.807) is 56.7 Å². The van der Waals surface area contributed by atoms with Crippen molar-refractivity contribution in [2.75, 3.05) is 128 Å². The van der Waals surface area contributed by atoms with E-state index in [4.69, 9.17) is 20.6 Å². The van der Waals surface area contributed by atoms with Crippen LogP contribution in [0.15, 0.2) is 55.0 Å². The Morgan fingerprint density at radius 3 is 1.56 bits per heavy atom. The van der Waals surface area contributed by atoms with Gasteiger partial charge in [-0.15, -0.1) is 6.42 Å². The fourth-order valence-electron chi connectivity index (χ4n) is 7.20. The van der Waals surface area contributed by atoms with Crippen LogP contribution in [0, 0.1) is 25.4 Å². The van der Waals surface area contributed by atoms with Gasteiger partial charge in [0.2, 0.25) is 5.95 Å². The predicted octanol–water partition coefficient (Wildman–Crippen LogP) is 4.26. The molecule has 1 N–H and O–H groups in total. The molecule has 9 rings (SSSR count). The first-order chi connectivity index (χ1) is 31.4. The van der Waals surface area contributed by atoms with Gasteiger partial charge < -0.3 is 29.3 Å². The number of fused-ring (bicyclic) bond motifs is 3. The minimum Gasteiger partial charge on any atom is -0.378 e. The van der Waals surface area contributed by atoms with Crippen molar-refractivity contribution in [1.29, 1.82) is 0 Å². The third kappa shape index (κ3) is 21.5. The van der Waals surface area contributed by atoms with Crippen molar-refractivity contribution < 1.29 is 18.6 Å². The molecule has 64 heavy (non-hydrogen) atoms. The fraction of sp³-hybridized carbons (Fsp3) is 0.553. The first kappa shape index (κ1) is 56.9. The maximum atomic E-state index is 12.0. The molecule has 0 bridgehead atoms. The van der Waals surface area contributed by atoms with E-state index in [0.29, 0.717) is 18.1 Å². The maximum Gasteiger partial charge on any atom is 0.212 e. The van der Waals surface area contributed by atoms with E-state index in [-0.39, 0.29) is 0 Å². The molecule has 0 radical (unpaired) electrons. The molecule has 12 nitrogen and oxygen atoms in total. The Balaban J connectivity index is 0.000000181. The Morgan fingerprint density at radius 1 is 0.641 bits per heavy atom. The lowest BCUT2D eigenvalue weighted by Gasteiger charge is -2.44. The number of rotatable bonds is 2. The van der Waals surface area contributed by atoms with Crippen LogP contribution in [-0.4, -0.2) is 166 Å².